The van der Waals surface area contributed by atoms with E-state index in [1.165, 1.54) is 0 Å². The van der Waals surface area contributed by atoms with E-state index in [4.69, 9.17) is 0 Å². The van der Waals surface area contributed by atoms with Crippen LogP contribution >= 0.6 is 0 Å². The quantitative estimate of drug-likeness (QED) is 0.696. The molecule has 0 aliphatic heterocycles. The standard InChI is InChI=1S/C16H19N5O2/c1-3-15-17-7-9-21(15)8-6-16(22)20(2)11-12-4-5-13-14(10-12)19-23-18-13/h4-5,7,9-10H,3,6,8,11H2,1-2H3. The first-order valence-electron chi connectivity index (χ1n) is 7.62. The maximum Gasteiger partial charge on any atom is 0.224 e. The van der Waals surface area contributed by atoms with Crippen LogP contribution in [0.3, 0.4) is 0 Å². The molecule has 0 atom stereocenters. The van der Waals surface area contributed by atoms with Gasteiger partial charge in [0.2, 0.25) is 5.91 Å². The fourth-order valence-electron chi connectivity index (χ4n) is 2.55. The lowest BCUT2D eigenvalue weighted by atomic mass is 10.2. The van der Waals surface area contributed by atoms with Crippen LogP contribution in [-0.2, 0) is 24.3 Å². The Balaban J connectivity index is 1.58. The second-order valence-electron chi connectivity index (χ2n) is 5.48. The van der Waals surface area contributed by atoms with Gasteiger partial charge >= 0.3 is 0 Å². The highest BCUT2D eigenvalue weighted by molar-refractivity contribution is 5.76. The lowest BCUT2D eigenvalue weighted by molar-refractivity contribution is -0.130. The lowest BCUT2D eigenvalue weighted by Crippen LogP contribution is -2.27. The van der Waals surface area contributed by atoms with Gasteiger partial charge in [0.05, 0.1) is 0 Å². The van der Waals surface area contributed by atoms with Crippen LogP contribution in [0.4, 0.5) is 0 Å². The molecule has 2 aromatic heterocycles. The minimum Gasteiger partial charge on any atom is -0.341 e. The van der Waals surface area contributed by atoms with Crippen molar-refractivity contribution in [3.05, 3.63) is 42.0 Å². The Hall–Kier alpha value is -2.70. The molecule has 0 fully saturated rings. The maximum absolute atomic E-state index is 12.3. The number of aryl methyl sites for hydroxylation is 2. The Bertz CT molecular complexity index is 808. The van der Waals surface area contributed by atoms with Crippen molar-refractivity contribution >= 4 is 16.9 Å². The third-order valence-electron chi connectivity index (χ3n) is 3.85. The number of fused-ring (bicyclic) bond motifs is 1. The summed E-state index contributed by atoms with van der Waals surface area (Å²) in [6, 6.07) is 5.67. The van der Waals surface area contributed by atoms with E-state index in [-0.39, 0.29) is 5.91 Å². The molecule has 1 amide bonds. The van der Waals surface area contributed by atoms with Crippen LogP contribution < -0.4 is 0 Å². The molecule has 2 heterocycles. The summed E-state index contributed by atoms with van der Waals surface area (Å²) >= 11 is 0. The van der Waals surface area contributed by atoms with Crippen LogP contribution in [0.15, 0.2) is 35.2 Å². The summed E-state index contributed by atoms with van der Waals surface area (Å²) < 4.78 is 6.71. The van der Waals surface area contributed by atoms with Gasteiger partial charge in [-0.3, -0.25) is 4.79 Å². The topological polar surface area (TPSA) is 77.0 Å². The molecular formula is C16H19N5O2. The highest BCUT2D eigenvalue weighted by Crippen LogP contribution is 2.13. The third kappa shape index (κ3) is 3.39. The van der Waals surface area contributed by atoms with Gasteiger partial charge in [0, 0.05) is 45.4 Å². The number of amides is 1. The van der Waals surface area contributed by atoms with E-state index in [9.17, 15) is 4.79 Å². The summed E-state index contributed by atoms with van der Waals surface area (Å²) in [5.41, 5.74) is 2.42. The van der Waals surface area contributed by atoms with Crippen LogP contribution in [0.2, 0.25) is 0 Å². The first kappa shape index (κ1) is 15.2. The predicted octanol–water partition coefficient (Wildman–Crippen LogP) is 2.03. The van der Waals surface area contributed by atoms with Crippen molar-refractivity contribution in [2.45, 2.75) is 32.9 Å². The van der Waals surface area contributed by atoms with Crippen molar-refractivity contribution in [2.75, 3.05) is 7.05 Å². The van der Waals surface area contributed by atoms with Crippen molar-refractivity contribution in [3.63, 3.8) is 0 Å². The van der Waals surface area contributed by atoms with Gasteiger partial charge < -0.3 is 9.47 Å². The molecule has 0 saturated heterocycles. The van der Waals surface area contributed by atoms with Gasteiger partial charge in [-0.15, -0.1) is 0 Å². The number of benzene rings is 1. The average molecular weight is 313 g/mol. The van der Waals surface area contributed by atoms with E-state index in [0.717, 1.165) is 23.3 Å². The summed E-state index contributed by atoms with van der Waals surface area (Å²) in [6.07, 6.45) is 5.00. The molecule has 3 aromatic rings. The summed E-state index contributed by atoms with van der Waals surface area (Å²) in [7, 11) is 1.81. The van der Waals surface area contributed by atoms with Crippen molar-refractivity contribution in [3.8, 4) is 0 Å². The van der Waals surface area contributed by atoms with E-state index in [0.29, 0.717) is 25.0 Å². The molecule has 0 spiro atoms. The van der Waals surface area contributed by atoms with Crippen LogP contribution in [0, 0.1) is 0 Å². The van der Waals surface area contributed by atoms with Gasteiger partial charge in [-0.1, -0.05) is 13.0 Å². The number of aromatic nitrogens is 4. The maximum atomic E-state index is 12.3. The van der Waals surface area contributed by atoms with Crippen LogP contribution in [0.25, 0.3) is 11.0 Å². The number of carbonyl (C=O) groups excluding carboxylic acids is 1. The third-order valence-corrected chi connectivity index (χ3v) is 3.85. The van der Waals surface area contributed by atoms with E-state index in [2.05, 4.69) is 26.9 Å². The summed E-state index contributed by atoms with van der Waals surface area (Å²) in [5, 5.41) is 7.59. The van der Waals surface area contributed by atoms with Gasteiger partial charge in [0.15, 0.2) is 0 Å². The number of rotatable bonds is 6. The fraction of sp³-hybridized carbons (Fsp3) is 0.375. The monoisotopic (exact) mass is 313 g/mol. The van der Waals surface area contributed by atoms with Gasteiger partial charge in [-0.2, -0.15) is 0 Å². The van der Waals surface area contributed by atoms with Crippen LogP contribution in [0.5, 0.6) is 0 Å². The summed E-state index contributed by atoms with van der Waals surface area (Å²) in [4.78, 5) is 18.3. The second-order valence-corrected chi connectivity index (χ2v) is 5.48. The van der Waals surface area contributed by atoms with Gasteiger partial charge in [0.1, 0.15) is 16.9 Å². The molecular weight excluding hydrogens is 294 g/mol. The van der Waals surface area contributed by atoms with Crippen LogP contribution in [-0.4, -0.2) is 37.7 Å². The molecule has 0 N–H and O–H groups in total. The van der Waals surface area contributed by atoms with Gasteiger partial charge in [0.25, 0.3) is 0 Å². The van der Waals surface area contributed by atoms with Gasteiger partial charge in [-0.05, 0) is 28.0 Å². The van der Waals surface area contributed by atoms with Crippen LogP contribution in [0.1, 0.15) is 24.7 Å². The molecule has 120 valence electrons. The Morgan fingerprint density at radius 3 is 2.96 bits per heavy atom. The number of hydrogen-bond donors (Lipinski definition) is 0. The molecule has 0 aliphatic carbocycles. The Labute approximate surface area is 133 Å². The molecule has 3 rings (SSSR count). The fourth-order valence-corrected chi connectivity index (χ4v) is 2.55. The highest BCUT2D eigenvalue weighted by atomic mass is 16.6. The number of imidazole rings is 1. The normalized spacial score (nSPS) is 11.0. The SMILES string of the molecule is CCc1nccn1CCC(=O)N(C)Cc1ccc2nonc2c1. The van der Waals surface area contributed by atoms with Crippen molar-refractivity contribution in [1.82, 2.24) is 24.8 Å². The van der Waals surface area contributed by atoms with E-state index in [1.54, 1.807) is 11.1 Å². The summed E-state index contributed by atoms with van der Waals surface area (Å²) in [6.45, 7) is 3.24. The van der Waals surface area contributed by atoms with E-state index < -0.39 is 0 Å². The highest BCUT2D eigenvalue weighted by Gasteiger charge is 2.11. The number of nitrogens with zero attached hydrogens (tertiary/aromatic N) is 5. The predicted molar refractivity (Wildman–Crippen MR) is 84.5 cm³/mol. The minimum absolute atomic E-state index is 0.0964. The molecule has 23 heavy (non-hydrogen) atoms. The first-order chi connectivity index (χ1) is 11.2. The zero-order valence-corrected chi connectivity index (χ0v) is 13.3. The largest absolute Gasteiger partial charge is 0.341 e. The molecule has 0 bridgehead atoms. The van der Waals surface area contributed by atoms with Crippen molar-refractivity contribution in [1.29, 1.82) is 0 Å². The molecule has 7 heteroatoms. The Morgan fingerprint density at radius 2 is 2.13 bits per heavy atom. The molecule has 0 aliphatic rings. The molecule has 7 nitrogen and oxygen atoms in total. The smallest absolute Gasteiger partial charge is 0.224 e. The van der Waals surface area contributed by atoms with Crippen molar-refractivity contribution < 1.29 is 9.42 Å². The lowest BCUT2D eigenvalue weighted by Gasteiger charge is -2.17. The molecule has 0 radical (unpaired) electrons. The van der Waals surface area contributed by atoms with Gasteiger partial charge in [-0.25, -0.2) is 9.61 Å². The second kappa shape index (κ2) is 6.60. The first-order valence-corrected chi connectivity index (χ1v) is 7.62. The minimum atomic E-state index is 0.0964. The molecule has 0 unspecified atom stereocenters. The summed E-state index contributed by atoms with van der Waals surface area (Å²) in [5.74, 6) is 1.10. The molecule has 0 saturated carbocycles. The number of hydrogen-bond acceptors (Lipinski definition) is 5. The Morgan fingerprint density at radius 1 is 1.30 bits per heavy atom. The van der Waals surface area contributed by atoms with Crippen molar-refractivity contribution in [2.24, 2.45) is 0 Å². The molecule has 1 aromatic carbocycles. The zero-order valence-electron chi connectivity index (χ0n) is 13.3. The zero-order chi connectivity index (χ0) is 16.2. The number of carbonyl (C=O) groups is 1. The average Bonchev–Trinajstić information content (AvgIpc) is 3.20. The van der Waals surface area contributed by atoms with E-state index >= 15 is 0 Å². The van der Waals surface area contributed by atoms with E-state index in [1.807, 2.05) is 36.0 Å². The Kier molecular flexibility index (Phi) is 4.36.